The Bertz CT molecular complexity index is 1440. The molecule has 0 saturated heterocycles. The molecule has 214 valence electrons. The Balaban J connectivity index is 2.07. The van der Waals surface area contributed by atoms with Crippen molar-refractivity contribution in [2.75, 3.05) is 23.7 Å². The number of halogens is 3. The molecule has 0 bridgehead atoms. The van der Waals surface area contributed by atoms with Gasteiger partial charge in [0.25, 0.3) is 0 Å². The average molecular weight is 625 g/mol. The number of rotatable bonds is 12. The van der Waals surface area contributed by atoms with Gasteiger partial charge in [0.15, 0.2) is 0 Å². The lowest BCUT2D eigenvalue weighted by Gasteiger charge is -2.34. The van der Waals surface area contributed by atoms with Gasteiger partial charge in [-0.15, -0.1) is 0 Å². The monoisotopic (exact) mass is 623 g/mol. The number of carbonyl (C=O) groups excluding carboxylic acids is 2. The second kappa shape index (κ2) is 14.2. The molecule has 0 fully saturated rings. The molecule has 3 aromatic rings. The number of sulfonamides is 1. The predicted molar refractivity (Wildman–Crippen MR) is 162 cm³/mol. The maximum atomic E-state index is 14.1. The Morgan fingerprint density at radius 3 is 2.17 bits per heavy atom. The molecule has 0 aliphatic carbocycles. The summed E-state index contributed by atoms with van der Waals surface area (Å²) in [5, 5.41) is 3.55. The zero-order chi connectivity index (χ0) is 29.4. The van der Waals surface area contributed by atoms with E-state index < -0.39 is 28.5 Å². The minimum absolute atomic E-state index is 0.000653. The molecule has 2 amide bonds. The zero-order valence-corrected chi connectivity index (χ0v) is 25.6. The number of nitrogens with one attached hydrogen (secondary N) is 1. The molecule has 0 heterocycles. The van der Waals surface area contributed by atoms with E-state index in [1.807, 2.05) is 44.2 Å². The van der Waals surface area contributed by atoms with Gasteiger partial charge in [0, 0.05) is 24.5 Å². The number of carbonyl (C=O) groups is 2. The first-order valence-electron chi connectivity index (χ1n) is 12.6. The third kappa shape index (κ3) is 8.86. The number of hydrogen-bond donors (Lipinski definition) is 1. The molecule has 11 heteroatoms. The van der Waals surface area contributed by atoms with E-state index in [2.05, 4.69) is 5.32 Å². The van der Waals surface area contributed by atoms with E-state index in [-0.39, 0.29) is 40.5 Å². The van der Waals surface area contributed by atoms with Crippen LogP contribution in [0.3, 0.4) is 0 Å². The van der Waals surface area contributed by atoms with Crippen molar-refractivity contribution in [3.63, 3.8) is 0 Å². The van der Waals surface area contributed by atoms with Gasteiger partial charge in [0.2, 0.25) is 21.8 Å². The van der Waals surface area contributed by atoms with Crippen LogP contribution in [0.5, 0.6) is 0 Å². The SMILES string of the molecule is CC(C)CNC(=O)[C@H](Cc1ccccc1)N(Cc1cccc(Cl)c1)C(=O)CN(c1cccc(Cl)c1Cl)S(C)(=O)=O. The fourth-order valence-corrected chi connectivity index (χ4v) is 5.60. The lowest BCUT2D eigenvalue weighted by Crippen LogP contribution is -2.53. The smallest absolute Gasteiger partial charge is 0.244 e. The van der Waals surface area contributed by atoms with Crippen LogP contribution in [-0.2, 0) is 32.6 Å². The normalized spacial score (nSPS) is 12.2. The van der Waals surface area contributed by atoms with Crippen LogP contribution in [0.4, 0.5) is 5.69 Å². The van der Waals surface area contributed by atoms with E-state index in [0.29, 0.717) is 17.1 Å². The van der Waals surface area contributed by atoms with Gasteiger partial charge >= 0.3 is 0 Å². The summed E-state index contributed by atoms with van der Waals surface area (Å²) in [6.07, 6.45) is 1.20. The Hall–Kier alpha value is -2.78. The highest BCUT2D eigenvalue weighted by Gasteiger charge is 2.33. The highest BCUT2D eigenvalue weighted by molar-refractivity contribution is 7.92. The molecule has 3 rings (SSSR count). The van der Waals surface area contributed by atoms with Crippen LogP contribution in [0.2, 0.25) is 15.1 Å². The van der Waals surface area contributed by atoms with Crippen molar-refractivity contribution in [1.82, 2.24) is 10.2 Å². The quantitative estimate of drug-likeness (QED) is 0.275. The van der Waals surface area contributed by atoms with E-state index >= 15 is 0 Å². The summed E-state index contributed by atoms with van der Waals surface area (Å²) in [4.78, 5) is 29.1. The van der Waals surface area contributed by atoms with Crippen LogP contribution in [0.25, 0.3) is 0 Å². The fraction of sp³-hybridized carbons (Fsp3) is 0.310. The van der Waals surface area contributed by atoms with Gasteiger partial charge in [-0.3, -0.25) is 13.9 Å². The van der Waals surface area contributed by atoms with Crippen LogP contribution in [0, 0.1) is 5.92 Å². The molecular weight excluding hydrogens is 593 g/mol. The minimum atomic E-state index is -3.97. The van der Waals surface area contributed by atoms with E-state index in [1.54, 1.807) is 30.3 Å². The third-order valence-electron chi connectivity index (χ3n) is 6.08. The maximum absolute atomic E-state index is 14.1. The summed E-state index contributed by atoms with van der Waals surface area (Å²) in [6.45, 7) is 3.78. The van der Waals surface area contributed by atoms with Crippen molar-refractivity contribution in [3.8, 4) is 0 Å². The third-order valence-corrected chi connectivity index (χ3v) is 8.25. The Morgan fingerprint density at radius 1 is 0.900 bits per heavy atom. The molecule has 0 aliphatic rings. The Labute approximate surface area is 251 Å². The fourth-order valence-electron chi connectivity index (χ4n) is 4.09. The van der Waals surface area contributed by atoms with E-state index in [4.69, 9.17) is 34.8 Å². The first kappa shape index (κ1) is 31.7. The highest BCUT2D eigenvalue weighted by Crippen LogP contribution is 2.34. The second-order valence-electron chi connectivity index (χ2n) is 9.84. The standard InChI is InChI=1S/C29H32Cl3N3O4S/c1-20(2)17-33-29(37)26(16-21-9-5-4-6-10-21)34(18-22-11-7-12-23(30)15-22)27(36)19-35(40(3,38)39)25-14-8-13-24(31)28(25)32/h4-15,20,26H,16-19H2,1-3H3,(H,33,37)/t26-/m0/s1. The largest absolute Gasteiger partial charge is 0.354 e. The molecule has 0 radical (unpaired) electrons. The van der Waals surface area contributed by atoms with E-state index in [1.165, 1.54) is 17.0 Å². The zero-order valence-electron chi connectivity index (χ0n) is 22.5. The summed E-state index contributed by atoms with van der Waals surface area (Å²) in [6, 6.07) is 19.9. The van der Waals surface area contributed by atoms with E-state index in [9.17, 15) is 18.0 Å². The van der Waals surface area contributed by atoms with Gasteiger partial charge < -0.3 is 10.2 Å². The van der Waals surface area contributed by atoms with Crippen molar-refractivity contribution in [2.45, 2.75) is 32.9 Å². The molecule has 0 aromatic heterocycles. The number of amides is 2. The number of hydrogen-bond acceptors (Lipinski definition) is 4. The first-order chi connectivity index (χ1) is 18.9. The molecule has 7 nitrogen and oxygen atoms in total. The lowest BCUT2D eigenvalue weighted by molar-refractivity contribution is -0.140. The molecule has 40 heavy (non-hydrogen) atoms. The molecule has 0 unspecified atom stereocenters. The van der Waals surface area contributed by atoms with Gasteiger partial charge in [-0.05, 0) is 41.3 Å². The van der Waals surface area contributed by atoms with Crippen LogP contribution in [-0.4, -0.2) is 50.5 Å². The molecule has 1 atom stereocenters. The lowest BCUT2D eigenvalue weighted by atomic mass is 10.0. The van der Waals surface area contributed by atoms with Crippen molar-refractivity contribution in [2.24, 2.45) is 5.92 Å². The van der Waals surface area contributed by atoms with Crippen LogP contribution in [0.1, 0.15) is 25.0 Å². The van der Waals surface area contributed by atoms with Crippen molar-refractivity contribution >= 4 is 62.3 Å². The molecule has 0 saturated carbocycles. The number of nitrogens with zero attached hydrogens (tertiary/aromatic N) is 2. The van der Waals surface area contributed by atoms with Crippen molar-refractivity contribution in [1.29, 1.82) is 0 Å². The van der Waals surface area contributed by atoms with Gasteiger partial charge in [-0.25, -0.2) is 8.42 Å². The van der Waals surface area contributed by atoms with Crippen molar-refractivity contribution < 1.29 is 18.0 Å². The predicted octanol–water partition coefficient (Wildman–Crippen LogP) is 5.83. The topological polar surface area (TPSA) is 86.8 Å². The molecular formula is C29H32Cl3N3O4S. The summed E-state index contributed by atoms with van der Waals surface area (Å²) in [7, 11) is -3.97. The summed E-state index contributed by atoms with van der Waals surface area (Å²) >= 11 is 18.7. The van der Waals surface area contributed by atoms with Crippen LogP contribution < -0.4 is 9.62 Å². The highest BCUT2D eigenvalue weighted by atomic mass is 35.5. The van der Waals surface area contributed by atoms with Crippen LogP contribution >= 0.6 is 34.8 Å². The summed E-state index contributed by atoms with van der Waals surface area (Å²) in [5.74, 6) is -0.759. The van der Waals surface area contributed by atoms with Gasteiger partial charge in [-0.2, -0.15) is 0 Å². The Morgan fingerprint density at radius 2 is 1.55 bits per heavy atom. The Kier molecular flexibility index (Phi) is 11.3. The van der Waals surface area contributed by atoms with Gasteiger partial charge in [0.1, 0.15) is 12.6 Å². The van der Waals surface area contributed by atoms with Crippen molar-refractivity contribution in [3.05, 3.63) is 99.0 Å². The number of anilines is 1. The molecule has 3 aromatic carbocycles. The van der Waals surface area contributed by atoms with Crippen LogP contribution in [0.15, 0.2) is 72.8 Å². The average Bonchev–Trinajstić information content (AvgIpc) is 2.89. The summed E-state index contributed by atoms with van der Waals surface area (Å²) < 4.78 is 26.7. The van der Waals surface area contributed by atoms with Gasteiger partial charge in [0.05, 0.1) is 22.0 Å². The molecule has 0 aliphatic heterocycles. The second-order valence-corrected chi connectivity index (χ2v) is 13.0. The minimum Gasteiger partial charge on any atom is -0.354 e. The number of benzene rings is 3. The maximum Gasteiger partial charge on any atom is 0.244 e. The van der Waals surface area contributed by atoms with Gasteiger partial charge in [-0.1, -0.05) is 97.2 Å². The van der Waals surface area contributed by atoms with E-state index in [0.717, 1.165) is 16.1 Å². The molecule has 0 spiro atoms. The molecule has 1 N–H and O–H groups in total. The summed E-state index contributed by atoms with van der Waals surface area (Å²) in [5.41, 5.74) is 1.59. The first-order valence-corrected chi connectivity index (χ1v) is 15.6.